The summed E-state index contributed by atoms with van der Waals surface area (Å²) in [6, 6.07) is 0. The van der Waals surface area contributed by atoms with Crippen molar-refractivity contribution >= 4 is 12.1 Å². The number of rotatable bonds is 2. The summed E-state index contributed by atoms with van der Waals surface area (Å²) in [7, 11) is 0. The molecule has 1 aliphatic rings. The van der Waals surface area contributed by atoms with E-state index in [1.807, 2.05) is 20.8 Å². The highest BCUT2D eigenvalue weighted by Gasteiger charge is 2.27. The van der Waals surface area contributed by atoms with E-state index < -0.39 is 17.2 Å². The molecular formula is C16H27NO5. The lowest BCUT2D eigenvalue weighted by Gasteiger charge is -2.33. The molecule has 1 rings (SSSR count). The van der Waals surface area contributed by atoms with Gasteiger partial charge in [0.1, 0.15) is 11.2 Å². The lowest BCUT2D eigenvalue weighted by atomic mass is 10.2. The molecule has 0 aliphatic carbocycles. The summed E-state index contributed by atoms with van der Waals surface area (Å²) in [5.74, 6) is -0.425. The van der Waals surface area contributed by atoms with Crippen LogP contribution in [0.4, 0.5) is 4.79 Å². The maximum absolute atomic E-state index is 12.0. The summed E-state index contributed by atoms with van der Waals surface area (Å²) in [5, 5.41) is 0. The van der Waals surface area contributed by atoms with E-state index in [1.54, 1.807) is 31.7 Å². The molecular weight excluding hydrogens is 286 g/mol. The van der Waals surface area contributed by atoms with Gasteiger partial charge in [-0.25, -0.2) is 9.59 Å². The normalized spacial score (nSPS) is 20.1. The van der Waals surface area contributed by atoms with Crippen LogP contribution in [0, 0.1) is 0 Å². The molecule has 126 valence electrons. The van der Waals surface area contributed by atoms with Gasteiger partial charge in [0, 0.05) is 12.6 Å². The molecule has 1 aliphatic heterocycles. The number of hydrogen-bond acceptors (Lipinski definition) is 5. The predicted octanol–water partition coefficient (Wildman–Crippen LogP) is 2.52. The van der Waals surface area contributed by atoms with Crippen LogP contribution in [-0.2, 0) is 19.0 Å². The minimum atomic E-state index is -0.531. The van der Waals surface area contributed by atoms with E-state index in [-0.39, 0.29) is 12.2 Å². The third-order valence-electron chi connectivity index (χ3n) is 2.60. The molecule has 1 fully saturated rings. The Morgan fingerprint density at radius 1 is 1.09 bits per heavy atom. The Balaban J connectivity index is 2.53. The van der Waals surface area contributed by atoms with Crippen LogP contribution in [0.3, 0.4) is 0 Å². The number of morpholine rings is 1. The van der Waals surface area contributed by atoms with Gasteiger partial charge in [0.25, 0.3) is 0 Å². The molecule has 6 nitrogen and oxygen atoms in total. The number of carbonyl (C=O) groups is 2. The van der Waals surface area contributed by atoms with E-state index in [4.69, 9.17) is 14.2 Å². The van der Waals surface area contributed by atoms with E-state index in [2.05, 4.69) is 0 Å². The van der Waals surface area contributed by atoms with Crippen LogP contribution in [-0.4, -0.2) is 54.0 Å². The number of nitrogens with zero attached hydrogens (tertiary/aromatic N) is 1. The van der Waals surface area contributed by atoms with Crippen LogP contribution in [0.25, 0.3) is 0 Å². The number of ether oxygens (including phenoxy) is 3. The zero-order chi connectivity index (χ0) is 17.0. The molecule has 0 bridgehead atoms. The van der Waals surface area contributed by atoms with E-state index in [1.165, 1.54) is 6.08 Å². The Labute approximate surface area is 132 Å². The third kappa shape index (κ3) is 7.45. The van der Waals surface area contributed by atoms with Crippen LogP contribution in [0.5, 0.6) is 0 Å². The van der Waals surface area contributed by atoms with Crippen LogP contribution in [0.2, 0.25) is 0 Å². The van der Waals surface area contributed by atoms with Gasteiger partial charge >= 0.3 is 12.1 Å². The first kappa shape index (κ1) is 18.5. The Morgan fingerprint density at radius 2 is 1.68 bits per heavy atom. The molecule has 0 aromatic carbocycles. The Bertz CT molecular complexity index is 431. The molecule has 6 heteroatoms. The van der Waals surface area contributed by atoms with Gasteiger partial charge in [0.15, 0.2) is 0 Å². The van der Waals surface area contributed by atoms with Crippen LogP contribution in [0.15, 0.2) is 12.2 Å². The zero-order valence-electron chi connectivity index (χ0n) is 14.3. The van der Waals surface area contributed by atoms with Crippen molar-refractivity contribution in [3.8, 4) is 0 Å². The largest absolute Gasteiger partial charge is 0.457 e. The van der Waals surface area contributed by atoms with E-state index >= 15 is 0 Å². The molecule has 0 unspecified atom stereocenters. The number of amides is 1. The van der Waals surface area contributed by atoms with Crippen molar-refractivity contribution in [1.82, 2.24) is 4.90 Å². The zero-order valence-corrected chi connectivity index (χ0v) is 14.3. The summed E-state index contributed by atoms with van der Waals surface area (Å²) in [5.41, 5.74) is -1.06. The number of carbonyl (C=O) groups excluding carboxylic acids is 2. The average Bonchev–Trinajstić information content (AvgIpc) is 2.32. The van der Waals surface area contributed by atoms with Crippen molar-refractivity contribution in [3.05, 3.63) is 12.2 Å². The van der Waals surface area contributed by atoms with Crippen molar-refractivity contribution in [2.45, 2.75) is 58.8 Å². The first-order valence-corrected chi connectivity index (χ1v) is 7.47. The highest BCUT2D eigenvalue weighted by molar-refractivity contribution is 5.82. The summed E-state index contributed by atoms with van der Waals surface area (Å²) in [6.07, 6.45) is 2.25. The summed E-state index contributed by atoms with van der Waals surface area (Å²) in [6.45, 7) is 12.1. The van der Waals surface area contributed by atoms with Gasteiger partial charge in [-0.3, -0.25) is 0 Å². The first-order chi connectivity index (χ1) is 9.96. The molecule has 0 aromatic rings. The fourth-order valence-electron chi connectivity index (χ4n) is 1.81. The fourth-order valence-corrected chi connectivity index (χ4v) is 1.81. The molecule has 0 spiro atoms. The minimum absolute atomic E-state index is 0.339. The lowest BCUT2D eigenvalue weighted by Crippen LogP contribution is -2.47. The second-order valence-corrected chi connectivity index (χ2v) is 7.23. The van der Waals surface area contributed by atoms with Gasteiger partial charge in [0.2, 0.25) is 0 Å². The molecule has 1 atom stereocenters. The fraction of sp³-hybridized carbons (Fsp3) is 0.750. The van der Waals surface area contributed by atoms with Gasteiger partial charge in [-0.1, -0.05) is 0 Å². The molecule has 1 saturated heterocycles. The van der Waals surface area contributed by atoms with Gasteiger partial charge < -0.3 is 19.1 Å². The average molecular weight is 313 g/mol. The van der Waals surface area contributed by atoms with E-state index in [9.17, 15) is 9.59 Å². The van der Waals surface area contributed by atoms with Crippen molar-refractivity contribution in [1.29, 1.82) is 0 Å². The Kier molecular flexibility index (Phi) is 6.00. The standard InChI is InChI=1S/C16H27NO5/c1-15(2,3)21-13(18)8-7-12-11-17(9-10-20-12)14(19)22-16(4,5)6/h7-8,12H,9-11H2,1-6H3/b8-7+/t12-/m1/s1. The van der Waals surface area contributed by atoms with Crippen molar-refractivity contribution in [3.63, 3.8) is 0 Å². The van der Waals surface area contributed by atoms with E-state index in [0.717, 1.165) is 0 Å². The quantitative estimate of drug-likeness (QED) is 0.579. The van der Waals surface area contributed by atoms with Crippen LogP contribution < -0.4 is 0 Å². The monoisotopic (exact) mass is 313 g/mol. The van der Waals surface area contributed by atoms with Crippen molar-refractivity contribution < 1.29 is 23.8 Å². The summed E-state index contributed by atoms with van der Waals surface area (Å²) in [4.78, 5) is 25.2. The van der Waals surface area contributed by atoms with Crippen molar-refractivity contribution in [2.24, 2.45) is 0 Å². The smallest absolute Gasteiger partial charge is 0.410 e. The maximum Gasteiger partial charge on any atom is 0.410 e. The topological polar surface area (TPSA) is 65.1 Å². The molecule has 0 saturated carbocycles. The second kappa shape index (κ2) is 7.13. The van der Waals surface area contributed by atoms with Crippen LogP contribution in [0.1, 0.15) is 41.5 Å². The molecule has 0 radical (unpaired) electrons. The minimum Gasteiger partial charge on any atom is -0.457 e. The molecule has 1 heterocycles. The number of esters is 1. The Hall–Kier alpha value is -1.56. The maximum atomic E-state index is 12.0. The number of hydrogen-bond donors (Lipinski definition) is 0. The van der Waals surface area contributed by atoms with Crippen molar-refractivity contribution in [2.75, 3.05) is 19.7 Å². The lowest BCUT2D eigenvalue weighted by molar-refractivity contribution is -0.148. The molecule has 0 aromatic heterocycles. The van der Waals surface area contributed by atoms with Gasteiger partial charge in [-0.2, -0.15) is 0 Å². The van der Waals surface area contributed by atoms with E-state index in [0.29, 0.717) is 19.7 Å². The highest BCUT2D eigenvalue weighted by Crippen LogP contribution is 2.14. The first-order valence-electron chi connectivity index (χ1n) is 7.47. The molecule has 22 heavy (non-hydrogen) atoms. The Morgan fingerprint density at radius 3 is 2.23 bits per heavy atom. The SMILES string of the molecule is CC(C)(C)OC(=O)/C=C/[C@@H]1CN(C(=O)OC(C)(C)C)CCO1. The predicted molar refractivity (Wildman–Crippen MR) is 82.5 cm³/mol. The second-order valence-electron chi connectivity index (χ2n) is 7.23. The summed E-state index contributed by atoms with van der Waals surface area (Å²) >= 11 is 0. The molecule has 0 N–H and O–H groups in total. The highest BCUT2D eigenvalue weighted by atomic mass is 16.6. The molecule has 1 amide bonds. The van der Waals surface area contributed by atoms with Gasteiger partial charge in [-0.05, 0) is 47.6 Å². The van der Waals surface area contributed by atoms with Crippen LogP contribution >= 0.6 is 0 Å². The summed E-state index contributed by atoms with van der Waals surface area (Å²) < 4.78 is 16.0. The van der Waals surface area contributed by atoms with Gasteiger partial charge in [-0.15, -0.1) is 0 Å². The third-order valence-corrected chi connectivity index (χ3v) is 2.60. The van der Waals surface area contributed by atoms with Gasteiger partial charge in [0.05, 0.1) is 19.3 Å².